The molecule has 1 rings (SSSR count). The lowest BCUT2D eigenvalue weighted by Gasteiger charge is -2.39. The molecule has 0 N–H and O–H groups in total. The van der Waals surface area contributed by atoms with Crippen LogP contribution in [0.1, 0.15) is 53.4 Å². The molecule has 2 atom stereocenters. The van der Waals surface area contributed by atoms with Crippen molar-refractivity contribution in [1.29, 1.82) is 0 Å². The third-order valence-electron chi connectivity index (χ3n) is 4.63. The molecule has 6 heteroatoms. The van der Waals surface area contributed by atoms with E-state index in [4.69, 9.17) is 9.16 Å². The van der Waals surface area contributed by atoms with Gasteiger partial charge in [0.25, 0.3) is 0 Å². The summed E-state index contributed by atoms with van der Waals surface area (Å²) in [7, 11) is -2.07. The fourth-order valence-electron chi connectivity index (χ4n) is 2.35. The van der Waals surface area contributed by atoms with Crippen molar-refractivity contribution < 1.29 is 23.5 Å². The minimum Gasteiger partial charge on any atom is -0.458 e. The van der Waals surface area contributed by atoms with Crippen LogP contribution in [0.5, 0.6) is 0 Å². The minimum absolute atomic E-state index is 0.00871. The zero-order chi connectivity index (χ0) is 18.5. The number of esters is 1. The maximum atomic E-state index is 12.4. The molecule has 1 heterocycles. The van der Waals surface area contributed by atoms with Gasteiger partial charge in [0, 0.05) is 31.8 Å². The summed E-state index contributed by atoms with van der Waals surface area (Å²) in [6.07, 6.45) is 3.45. The average Bonchev–Trinajstić information content (AvgIpc) is 2.35. The number of cyclic esters (lactones) is 1. The standard InChI is InChI=1S/C18H30O5Si/c1-13(19)10-16(23-24(5,6)18(2,3)4)12-14(20)11-15-8-7-9-17(21)22-15/h7,9,15-16H,8,10-12H2,1-6H3/t15-,16+/m1/s1. The second-order valence-electron chi connectivity index (χ2n) is 8.05. The first-order chi connectivity index (χ1) is 10.9. The molecule has 24 heavy (non-hydrogen) atoms. The van der Waals surface area contributed by atoms with Gasteiger partial charge in [-0.25, -0.2) is 4.79 Å². The van der Waals surface area contributed by atoms with Crippen LogP contribution in [0.4, 0.5) is 0 Å². The van der Waals surface area contributed by atoms with Crippen LogP contribution in [0.15, 0.2) is 12.2 Å². The highest BCUT2D eigenvalue weighted by molar-refractivity contribution is 6.74. The molecule has 1 aliphatic rings. The topological polar surface area (TPSA) is 69.7 Å². The highest BCUT2D eigenvalue weighted by Gasteiger charge is 2.39. The van der Waals surface area contributed by atoms with E-state index in [0.717, 1.165) is 0 Å². The number of hydrogen-bond donors (Lipinski definition) is 0. The Kier molecular flexibility index (Phi) is 7.10. The van der Waals surface area contributed by atoms with Gasteiger partial charge in [0.2, 0.25) is 0 Å². The summed E-state index contributed by atoms with van der Waals surface area (Å²) >= 11 is 0. The Balaban J connectivity index is 2.68. The number of ketones is 2. The van der Waals surface area contributed by atoms with E-state index in [1.165, 1.54) is 13.0 Å². The molecule has 0 aromatic rings. The smallest absolute Gasteiger partial charge is 0.330 e. The van der Waals surface area contributed by atoms with Crippen LogP contribution in [-0.2, 0) is 23.5 Å². The molecule has 0 radical (unpaired) electrons. The van der Waals surface area contributed by atoms with Crippen molar-refractivity contribution >= 4 is 25.9 Å². The number of carbonyl (C=O) groups excluding carboxylic acids is 3. The molecule has 0 saturated carbocycles. The van der Waals surface area contributed by atoms with Gasteiger partial charge < -0.3 is 9.16 Å². The molecule has 0 saturated heterocycles. The Labute approximate surface area is 145 Å². The van der Waals surface area contributed by atoms with Gasteiger partial charge in [0.15, 0.2) is 8.32 Å². The molecule has 136 valence electrons. The van der Waals surface area contributed by atoms with Crippen LogP contribution >= 0.6 is 0 Å². The van der Waals surface area contributed by atoms with Crippen LogP contribution in [0.2, 0.25) is 18.1 Å². The predicted molar refractivity (Wildman–Crippen MR) is 95.2 cm³/mol. The van der Waals surface area contributed by atoms with Crippen molar-refractivity contribution in [2.75, 3.05) is 0 Å². The maximum Gasteiger partial charge on any atom is 0.330 e. The Morgan fingerprint density at radius 3 is 2.46 bits per heavy atom. The van der Waals surface area contributed by atoms with Crippen molar-refractivity contribution in [3.63, 3.8) is 0 Å². The fraction of sp³-hybridized carbons (Fsp3) is 0.722. The minimum atomic E-state index is -2.07. The molecule has 0 aliphatic carbocycles. The fourth-order valence-corrected chi connectivity index (χ4v) is 3.71. The molecule has 0 bridgehead atoms. The van der Waals surface area contributed by atoms with Gasteiger partial charge in [-0.2, -0.15) is 0 Å². The summed E-state index contributed by atoms with van der Waals surface area (Å²) in [6, 6.07) is 0. The van der Waals surface area contributed by atoms with Gasteiger partial charge in [-0.1, -0.05) is 26.8 Å². The summed E-state index contributed by atoms with van der Waals surface area (Å²) in [5, 5.41) is 0.00871. The Morgan fingerprint density at radius 1 is 1.33 bits per heavy atom. The van der Waals surface area contributed by atoms with Gasteiger partial charge >= 0.3 is 5.97 Å². The van der Waals surface area contributed by atoms with Crippen molar-refractivity contribution in [1.82, 2.24) is 0 Å². The molecule has 0 unspecified atom stereocenters. The maximum absolute atomic E-state index is 12.4. The number of rotatable bonds is 8. The first kappa shape index (κ1) is 20.8. The SMILES string of the molecule is CC(=O)C[C@@H](CC(=O)C[C@H]1CC=CC(=O)O1)O[Si](C)(C)C(C)(C)C. The summed E-state index contributed by atoms with van der Waals surface area (Å²) < 4.78 is 11.4. The zero-order valence-electron chi connectivity index (χ0n) is 15.7. The largest absolute Gasteiger partial charge is 0.458 e. The third-order valence-corrected chi connectivity index (χ3v) is 9.16. The first-order valence-corrected chi connectivity index (χ1v) is 11.4. The molecular formula is C18H30O5Si. The first-order valence-electron chi connectivity index (χ1n) is 8.47. The van der Waals surface area contributed by atoms with Crippen molar-refractivity contribution in [3.8, 4) is 0 Å². The average molecular weight is 355 g/mol. The van der Waals surface area contributed by atoms with E-state index in [1.807, 2.05) is 0 Å². The quantitative estimate of drug-likeness (QED) is 0.492. The number of hydrogen-bond acceptors (Lipinski definition) is 5. The monoisotopic (exact) mass is 354 g/mol. The van der Waals surface area contributed by atoms with Gasteiger partial charge in [-0.15, -0.1) is 0 Å². The van der Waals surface area contributed by atoms with Crippen LogP contribution in [0, 0.1) is 0 Å². The lowest BCUT2D eigenvalue weighted by Crippen LogP contribution is -2.45. The molecule has 0 spiro atoms. The van der Waals surface area contributed by atoms with Crippen molar-refractivity contribution in [3.05, 3.63) is 12.2 Å². The normalized spacial score (nSPS) is 19.8. The molecular weight excluding hydrogens is 324 g/mol. The van der Waals surface area contributed by atoms with E-state index < -0.39 is 26.5 Å². The molecule has 0 fully saturated rings. The van der Waals surface area contributed by atoms with Crippen LogP contribution < -0.4 is 0 Å². The Bertz CT molecular complexity index is 516. The van der Waals surface area contributed by atoms with E-state index in [-0.39, 0.29) is 35.9 Å². The highest BCUT2D eigenvalue weighted by atomic mass is 28.4. The van der Waals surface area contributed by atoms with Gasteiger partial charge in [-0.3, -0.25) is 9.59 Å². The lowest BCUT2D eigenvalue weighted by molar-refractivity contribution is -0.145. The van der Waals surface area contributed by atoms with E-state index >= 15 is 0 Å². The van der Waals surface area contributed by atoms with Gasteiger partial charge in [0.1, 0.15) is 17.7 Å². The van der Waals surface area contributed by atoms with Crippen LogP contribution in [0.3, 0.4) is 0 Å². The van der Waals surface area contributed by atoms with E-state index in [0.29, 0.717) is 6.42 Å². The summed E-state index contributed by atoms with van der Waals surface area (Å²) in [5.41, 5.74) is 0. The zero-order valence-corrected chi connectivity index (χ0v) is 16.7. The second kappa shape index (κ2) is 8.21. The van der Waals surface area contributed by atoms with Gasteiger partial charge in [-0.05, 0) is 25.1 Å². The van der Waals surface area contributed by atoms with Crippen LogP contribution in [-0.4, -0.2) is 38.1 Å². The van der Waals surface area contributed by atoms with E-state index in [9.17, 15) is 14.4 Å². The van der Waals surface area contributed by atoms with Crippen molar-refractivity contribution in [2.45, 2.75) is 83.7 Å². The van der Waals surface area contributed by atoms with E-state index in [2.05, 4.69) is 33.9 Å². The third kappa shape index (κ3) is 6.69. The molecule has 5 nitrogen and oxygen atoms in total. The molecule has 0 aromatic heterocycles. The number of Topliss-reactive ketones (excluding diaryl/α,β-unsaturated/α-hetero) is 2. The molecule has 0 amide bonds. The summed E-state index contributed by atoms with van der Waals surface area (Å²) in [6.45, 7) is 12.1. The van der Waals surface area contributed by atoms with Gasteiger partial charge in [0.05, 0.1) is 6.10 Å². The second-order valence-corrected chi connectivity index (χ2v) is 12.8. The lowest BCUT2D eigenvalue weighted by atomic mass is 10.0. The van der Waals surface area contributed by atoms with Crippen LogP contribution in [0.25, 0.3) is 0 Å². The number of carbonyl (C=O) groups is 3. The molecule has 1 aliphatic heterocycles. The summed E-state index contributed by atoms with van der Waals surface area (Å²) in [4.78, 5) is 35.1. The predicted octanol–water partition coefficient (Wildman–Crippen LogP) is 3.58. The Hall–Kier alpha value is -1.27. The number of ether oxygens (including phenoxy) is 1. The van der Waals surface area contributed by atoms with E-state index in [1.54, 1.807) is 6.08 Å². The Morgan fingerprint density at radius 2 is 1.96 bits per heavy atom. The molecule has 0 aromatic carbocycles. The van der Waals surface area contributed by atoms with Crippen molar-refractivity contribution in [2.24, 2.45) is 0 Å². The highest BCUT2D eigenvalue weighted by Crippen LogP contribution is 2.38. The summed E-state index contributed by atoms with van der Waals surface area (Å²) in [5.74, 6) is -0.427.